The lowest BCUT2D eigenvalue weighted by Crippen LogP contribution is -2.12. The maximum Gasteiger partial charge on any atom is 0.238 e. The molecule has 142 valence electrons. The minimum atomic E-state index is -3.78. The molecule has 0 saturated heterocycles. The summed E-state index contributed by atoms with van der Waals surface area (Å²) in [6, 6.07) is 18.9. The zero-order valence-electron chi connectivity index (χ0n) is 14.6. The second-order valence-corrected chi connectivity index (χ2v) is 8.40. The van der Waals surface area contributed by atoms with Crippen molar-refractivity contribution in [1.29, 1.82) is 0 Å². The fourth-order valence-corrected chi connectivity index (χ4v) is 3.79. The summed E-state index contributed by atoms with van der Waals surface area (Å²) in [7, 11) is -3.78. The van der Waals surface area contributed by atoms with Crippen LogP contribution in [-0.2, 0) is 16.4 Å². The number of sulfonamides is 1. The van der Waals surface area contributed by atoms with E-state index in [-0.39, 0.29) is 15.7 Å². The lowest BCUT2D eigenvalue weighted by Gasteiger charge is -2.24. The first-order valence-electron chi connectivity index (χ1n) is 8.44. The van der Waals surface area contributed by atoms with Gasteiger partial charge in [-0.3, -0.25) is 0 Å². The van der Waals surface area contributed by atoms with Crippen LogP contribution in [-0.4, -0.2) is 13.5 Å². The number of rotatable bonds is 3. The van der Waals surface area contributed by atoms with Gasteiger partial charge in [0.05, 0.1) is 9.92 Å². The maximum atomic E-state index is 11.5. The molecular weight excluding hydrogens is 398 g/mol. The molecular formula is C21H16ClNO4S. The quantitative estimate of drug-likeness (QED) is 0.673. The number of allylic oxidation sites excluding steroid dienone is 1. The largest absolute Gasteiger partial charge is 0.506 e. The minimum Gasteiger partial charge on any atom is -0.506 e. The van der Waals surface area contributed by atoms with Crippen LogP contribution in [0.15, 0.2) is 71.6 Å². The van der Waals surface area contributed by atoms with Crippen LogP contribution in [0.5, 0.6) is 11.5 Å². The highest BCUT2D eigenvalue weighted by Crippen LogP contribution is 2.40. The van der Waals surface area contributed by atoms with E-state index in [1.807, 2.05) is 30.3 Å². The van der Waals surface area contributed by atoms with Crippen molar-refractivity contribution in [2.24, 2.45) is 5.14 Å². The predicted molar refractivity (Wildman–Crippen MR) is 109 cm³/mol. The maximum absolute atomic E-state index is 11.5. The number of nitrogens with two attached hydrogens (primary N) is 1. The number of primary sulfonamides is 1. The first kappa shape index (κ1) is 18.6. The van der Waals surface area contributed by atoms with E-state index in [0.29, 0.717) is 17.7 Å². The molecule has 28 heavy (non-hydrogen) atoms. The van der Waals surface area contributed by atoms with Crippen molar-refractivity contribution < 1.29 is 18.3 Å². The monoisotopic (exact) mass is 413 g/mol. The molecule has 7 heteroatoms. The molecule has 0 aliphatic carbocycles. The summed E-state index contributed by atoms with van der Waals surface area (Å²) < 4.78 is 29.2. The van der Waals surface area contributed by atoms with Crippen LogP contribution in [0.2, 0.25) is 5.02 Å². The molecule has 3 aromatic rings. The molecule has 3 aromatic carbocycles. The van der Waals surface area contributed by atoms with E-state index in [1.165, 1.54) is 12.1 Å². The van der Waals surface area contributed by atoms with Gasteiger partial charge in [-0.05, 0) is 53.6 Å². The summed E-state index contributed by atoms with van der Waals surface area (Å²) in [5.41, 5.74) is 3.33. The van der Waals surface area contributed by atoms with Crippen molar-refractivity contribution in [3.05, 3.63) is 88.4 Å². The third-order valence-corrected chi connectivity index (χ3v) is 5.81. The highest BCUT2D eigenvalue weighted by molar-refractivity contribution is 7.89. The molecule has 5 nitrogen and oxygen atoms in total. The molecule has 0 amide bonds. The van der Waals surface area contributed by atoms with Gasteiger partial charge in [0.15, 0.2) is 0 Å². The predicted octanol–water partition coefficient (Wildman–Crippen LogP) is 4.20. The van der Waals surface area contributed by atoms with Gasteiger partial charge in [0.2, 0.25) is 10.0 Å². The van der Waals surface area contributed by atoms with E-state index >= 15 is 0 Å². The number of benzene rings is 3. The van der Waals surface area contributed by atoms with Gasteiger partial charge in [-0.15, -0.1) is 0 Å². The van der Waals surface area contributed by atoms with Gasteiger partial charge in [-0.1, -0.05) is 35.9 Å². The highest BCUT2D eigenvalue weighted by atomic mass is 35.5. The normalized spacial score (nSPS) is 13.8. The zero-order valence-corrected chi connectivity index (χ0v) is 16.2. The Hall–Kier alpha value is -2.80. The highest BCUT2D eigenvalue weighted by Gasteiger charge is 2.23. The van der Waals surface area contributed by atoms with Crippen LogP contribution in [0.25, 0.3) is 11.3 Å². The van der Waals surface area contributed by atoms with Gasteiger partial charge in [0, 0.05) is 17.6 Å². The first-order chi connectivity index (χ1) is 13.3. The van der Waals surface area contributed by atoms with Crippen molar-refractivity contribution in [2.75, 3.05) is 0 Å². The van der Waals surface area contributed by atoms with Gasteiger partial charge in [0.1, 0.15) is 17.3 Å². The van der Waals surface area contributed by atoms with Crippen LogP contribution in [0.4, 0.5) is 0 Å². The van der Waals surface area contributed by atoms with Gasteiger partial charge in [-0.25, -0.2) is 13.6 Å². The van der Waals surface area contributed by atoms with Crippen molar-refractivity contribution in [3.63, 3.8) is 0 Å². The molecule has 0 radical (unpaired) electrons. The van der Waals surface area contributed by atoms with Crippen LogP contribution in [0.1, 0.15) is 16.7 Å². The Morgan fingerprint density at radius 3 is 2.32 bits per heavy atom. The van der Waals surface area contributed by atoms with Crippen LogP contribution in [0.3, 0.4) is 0 Å². The first-order valence-corrected chi connectivity index (χ1v) is 10.4. The Morgan fingerprint density at radius 1 is 0.964 bits per heavy atom. The third-order valence-electron chi connectivity index (χ3n) is 4.57. The fraction of sp³-hybridized carbons (Fsp3) is 0.0476. The van der Waals surface area contributed by atoms with Gasteiger partial charge < -0.3 is 9.84 Å². The zero-order chi connectivity index (χ0) is 19.9. The summed E-state index contributed by atoms with van der Waals surface area (Å²) in [6.07, 6.45) is 0.587. The molecule has 0 bridgehead atoms. The number of ether oxygens (including phenoxy) is 1. The molecule has 0 aromatic heterocycles. The Morgan fingerprint density at radius 2 is 1.64 bits per heavy atom. The summed E-state index contributed by atoms with van der Waals surface area (Å²) in [5, 5.41) is 15.5. The molecule has 0 atom stereocenters. The van der Waals surface area contributed by atoms with Gasteiger partial charge >= 0.3 is 0 Å². The summed E-state index contributed by atoms with van der Waals surface area (Å²) in [5.74, 6) is 1.30. The molecule has 0 spiro atoms. The van der Waals surface area contributed by atoms with Crippen LogP contribution < -0.4 is 9.88 Å². The van der Waals surface area contributed by atoms with Gasteiger partial charge in [-0.2, -0.15) is 0 Å². The van der Waals surface area contributed by atoms with E-state index in [4.69, 9.17) is 21.5 Å². The fourth-order valence-electron chi connectivity index (χ4n) is 3.15. The SMILES string of the molecule is NS(=O)(=O)c1ccc(C2=C(c3ccc(Cl)c(O)c3)Cc3ccccc3O2)cc1. The second-order valence-electron chi connectivity index (χ2n) is 6.43. The summed E-state index contributed by atoms with van der Waals surface area (Å²) in [4.78, 5) is 0.0266. The average Bonchev–Trinajstić information content (AvgIpc) is 2.68. The lowest BCUT2D eigenvalue weighted by atomic mass is 9.92. The smallest absolute Gasteiger partial charge is 0.238 e. The number of phenols is 1. The average molecular weight is 414 g/mol. The molecule has 1 heterocycles. The number of hydrogen-bond donors (Lipinski definition) is 2. The molecule has 0 unspecified atom stereocenters. The Bertz CT molecular complexity index is 1200. The van der Waals surface area contributed by atoms with Crippen LogP contribution in [0, 0.1) is 0 Å². The van der Waals surface area contributed by atoms with E-state index in [2.05, 4.69) is 0 Å². The Labute approximate surface area is 167 Å². The van der Waals surface area contributed by atoms with E-state index < -0.39 is 10.0 Å². The third kappa shape index (κ3) is 3.49. The van der Waals surface area contributed by atoms with Crippen molar-refractivity contribution in [3.8, 4) is 11.5 Å². The minimum absolute atomic E-state index is 0.0190. The second kappa shape index (κ2) is 6.98. The molecule has 0 fully saturated rings. The summed E-state index contributed by atoms with van der Waals surface area (Å²) in [6.45, 7) is 0. The Kier molecular flexibility index (Phi) is 4.63. The number of hydrogen-bond acceptors (Lipinski definition) is 4. The molecule has 0 saturated carbocycles. The van der Waals surface area contributed by atoms with Crippen molar-refractivity contribution in [1.82, 2.24) is 0 Å². The van der Waals surface area contributed by atoms with E-state index in [0.717, 1.165) is 22.4 Å². The van der Waals surface area contributed by atoms with Gasteiger partial charge in [0.25, 0.3) is 0 Å². The number of halogens is 1. The molecule has 1 aliphatic heterocycles. The van der Waals surface area contributed by atoms with E-state index in [1.54, 1.807) is 24.3 Å². The summed E-state index contributed by atoms with van der Waals surface area (Å²) >= 11 is 5.95. The topological polar surface area (TPSA) is 89.6 Å². The number of para-hydroxylation sites is 1. The Balaban J connectivity index is 1.87. The molecule has 4 rings (SSSR count). The lowest BCUT2D eigenvalue weighted by molar-refractivity contribution is 0.475. The van der Waals surface area contributed by atoms with E-state index in [9.17, 15) is 13.5 Å². The molecule has 3 N–H and O–H groups in total. The number of aromatic hydroxyl groups is 1. The van der Waals surface area contributed by atoms with Crippen molar-refractivity contribution >= 4 is 33.0 Å². The number of fused-ring (bicyclic) bond motifs is 1. The molecule has 1 aliphatic rings. The van der Waals surface area contributed by atoms with Crippen molar-refractivity contribution in [2.45, 2.75) is 11.3 Å². The standard InChI is InChI=1S/C21H16ClNO4S/c22-18-10-7-14(12-19(18)24)17-11-15-3-1-2-4-20(15)27-21(17)13-5-8-16(9-6-13)28(23,25)26/h1-10,12,24H,11H2,(H2,23,25,26). The number of phenolic OH excluding ortho intramolecular Hbond substituents is 1. The van der Waals surface area contributed by atoms with Crippen LogP contribution >= 0.6 is 11.6 Å².